The molecular weight excluding hydrogens is 380 g/mol. The molecule has 5 nitrogen and oxygen atoms in total. The molecule has 0 saturated carbocycles. The van der Waals surface area contributed by atoms with Crippen LogP contribution in [0.1, 0.15) is 42.5 Å². The third-order valence-electron chi connectivity index (χ3n) is 6.51. The number of benzene rings is 1. The largest absolute Gasteiger partial charge is 0.319 e. The fraction of sp³-hybridized carbons (Fsp3) is 0.478. The first-order valence-electron chi connectivity index (χ1n) is 10.8. The third-order valence-corrected chi connectivity index (χ3v) is 7.62. The lowest BCUT2D eigenvalue weighted by molar-refractivity contribution is 0.0693. The van der Waals surface area contributed by atoms with Gasteiger partial charge >= 0.3 is 0 Å². The molecule has 1 amide bonds. The van der Waals surface area contributed by atoms with Crippen LogP contribution in [0, 0.1) is 5.92 Å². The first-order chi connectivity index (χ1) is 14.3. The Bertz CT molecular complexity index is 887. The summed E-state index contributed by atoms with van der Waals surface area (Å²) in [6, 6.07) is 12.4. The van der Waals surface area contributed by atoms with E-state index in [1.165, 1.54) is 50.9 Å². The van der Waals surface area contributed by atoms with Gasteiger partial charge in [0.25, 0.3) is 5.91 Å². The number of para-hydroxylation sites is 1. The fourth-order valence-electron chi connectivity index (χ4n) is 5.11. The molecule has 152 valence electrons. The average Bonchev–Trinajstić information content (AvgIpc) is 2.89. The van der Waals surface area contributed by atoms with Crippen LogP contribution >= 0.6 is 11.8 Å². The van der Waals surface area contributed by atoms with Crippen molar-refractivity contribution in [2.75, 3.05) is 34.9 Å². The minimum absolute atomic E-state index is 0.0625. The predicted octanol–water partition coefficient (Wildman–Crippen LogP) is 4.74. The van der Waals surface area contributed by atoms with Gasteiger partial charge in [-0.1, -0.05) is 18.6 Å². The van der Waals surface area contributed by atoms with Crippen LogP contribution in [0.4, 0.5) is 17.2 Å². The van der Waals surface area contributed by atoms with Crippen LogP contribution in [0.15, 0.2) is 42.6 Å². The van der Waals surface area contributed by atoms with Gasteiger partial charge < -0.3 is 15.1 Å². The molecule has 29 heavy (non-hydrogen) atoms. The number of nitrogens with zero attached hydrogens (tertiary/aromatic N) is 3. The Hall–Kier alpha value is -2.05. The molecule has 2 aromatic rings. The van der Waals surface area contributed by atoms with Gasteiger partial charge in [0.1, 0.15) is 0 Å². The number of aromatic nitrogens is 1. The zero-order chi connectivity index (χ0) is 19.6. The van der Waals surface area contributed by atoms with Crippen molar-refractivity contribution in [1.82, 2.24) is 9.88 Å². The number of rotatable bonds is 4. The van der Waals surface area contributed by atoms with E-state index in [-0.39, 0.29) is 5.91 Å². The molecule has 1 N–H and O–H groups in total. The number of piperidine rings is 2. The van der Waals surface area contributed by atoms with Crippen molar-refractivity contribution in [2.45, 2.75) is 38.1 Å². The first kappa shape index (κ1) is 18.9. The summed E-state index contributed by atoms with van der Waals surface area (Å²) in [5.41, 5.74) is 2.44. The number of anilines is 3. The monoisotopic (exact) mass is 408 g/mol. The highest BCUT2D eigenvalue weighted by molar-refractivity contribution is 7.99. The van der Waals surface area contributed by atoms with E-state index in [0.717, 1.165) is 35.0 Å². The Morgan fingerprint density at radius 1 is 1.07 bits per heavy atom. The van der Waals surface area contributed by atoms with E-state index in [0.29, 0.717) is 5.56 Å². The summed E-state index contributed by atoms with van der Waals surface area (Å²) in [7, 11) is 0. The summed E-state index contributed by atoms with van der Waals surface area (Å²) in [6.07, 6.45) is 8.59. The van der Waals surface area contributed by atoms with Crippen molar-refractivity contribution in [3.8, 4) is 0 Å². The number of pyridine rings is 1. The lowest BCUT2D eigenvalue weighted by atomic mass is 9.85. The summed E-state index contributed by atoms with van der Waals surface area (Å²) in [4.78, 5) is 22.3. The van der Waals surface area contributed by atoms with Crippen LogP contribution in [0.25, 0.3) is 0 Å². The Kier molecular flexibility index (Phi) is 5.46. The molecular formula is C23H28N4OS. The van der Waals surface area contributed by atoms with Gasteiger partial charge in [-0.3, -0.25) is 4.79 Å². The second-order valence-corrected chi connectivity index (χ2v) is 9.27. The van der Waals surface area contributed by atoms with Crippen LogP contribution in [-0.2, 0) is 0 Å². The number of amides is 1. The van der Waals surface area contributed by atoms with Crippen molar-refractivity contribution in [3.63, 3.8) is 0 Å². The second-order valence-electron chi connectivity index (χ2n) is 8.28. The Morgan fingerprint density at radius 2 is 1.97 bits per heavy atom. The standard InChI is InChI=1S/C23H28N4OS/c28-23-18-8-1-2-11-21(18)27(22-19(25-23)9-5-12-24-22)16-29-15-17-7-6-14-26-13-4-3-10-20(17)26/h1-2,5,8-9,11-12,17,20H,3-4,6-7,10,13-16H2,(H,25,28)/t17-,20+/m0/s1. The van der Waals surface area contributed by atoms with Crippen LogP contribution in [0.3, 0.4) is 0 Å². The number of carbonyl (C=O) groups is 1. The highest BCUT2D eigenvalue weighted by Gasteiger charge is 2.33. The SMILES string of the molecule is O=C1Nc2cccnc2N(CSC[C@@H]2CCCN3CCCC[C@H]23)c2ccccc21. The Morgan fingerprint density at radius 3 is 2.93 bits per heavy atom. The van der Waals surface area contributed by atoms with E-state index in [2.05, 4.69) is 20.1 Å². The van der Waals surface area contributed by atoms with Crippen LogP contribution in [-0.4, -0.2) is 46.6 Å². The minimum Gasteiger partial charge on any atom is -0.319 e. The third kappa shape index (κ3) is 3.76. The van der Waals surface area contributed by atoms with E-state index in [4.69, 9.17) is 0 Å². The summed E-state index contributed by atoms with van der Waals surface area (Å²) in [5.74, 6) is 3.52. The molecule has 3 aliphatic heterocycles. The zero-order valence-electron chi connectivity index (χ0n) is 16.7. The second kappa shape index (κ2) is 8.36. The fourth-order valence-corrected chi connectivity index (χ4v) is 6.35. The van der Waals surface area contributed by atoms with Crippen LogP contribution in [0.5, 0.6) is 0 Å². The quantitative estimate of drug-likeness (QED) is 0.792. The van der Waals surface area contributed by atoms with Gasteiger partial charge in [-0.15, -0.1) is 11.8 Å². The number of hydrogen-bond acceptors (Lipinski definition) is 5. The van der Waals surface area contributed by atoms with Gasteiger partial charge in [0, 0.05) is 12.2 Å². The van der Waals surface area contributed by atoms with E-state index >= 15 is 0 Å². The average molecular weight is 409 g/mol. The lowest BCUT2D eigenvalue weighted by Crippen LogP contribution is -2.48. The molecule has 0 radical (unpaired) electrons. The van der Waals surface area contributed by atoms with Crippen molar-refractivity contribution >= 4 is 34.9 Å². The van der Waals surface area contributed by atoms with Gasteiger partial charge in [0.2, 0.25) is 0 Å². The normalized spacial score (nSPS) is 24.1. The van der Waals surface area contributed by atoms with Gasteiger partial charge in [-0.25, -0.2) is 4.98 Å². The predicted molar refractivity (Wildman–Crippen MR) is 120 cm³/mol. The van der Waals surface area contributed by atoms with E-state index in [1.54, 1.807) is 6.20 Å². The lowest BCUT2D eigenvalue weighted by Gasteiger charge is -2.44. The molecule has 0 aliphatic carbocycles. The minimum atomic E-state index is -0.0625. The topological polar surface area (TPSA) is 48.5 Å². The van der Waals surface area contributed by atoms with Crippen molar-refractivity contribution in [2.24, 2.45) is 5.92 Å². The molecule has 3 aliphatic rings. The number of nitrogens with one attached hydrogen (secondary N) is 1. The highest BCUT2D eigenvalue weighted by Crippen LogP contribution is 2.38. The maximum atomic E-state index is 12.7. The van der Waals surface area contributed by atoms with Gasteiger partial charge in [-0.2, -0.15) is 0 Å². The highest BCUT2D eigenvalue weighted by atomic mass is 32.2. The molecule has 0 unspecified atom stereocenters. The molecule has 2 atom stereocenters. The molecule has 2 saturated heterocycles. The summed E-state index contributed by atoms with van der Waals surface area (Å²) in [5, 5.41) is 3.03. The van der Waals surface area contributed by atoms with Gasteiger partial charge in [-0.05, 0) is 74.7 Å². The maximum absolute atomic E-state index is 12.7. The molecule has 6 heteroatoms. The van der Waals surface area contributed by atoms with Crippen molar-refractivity contribution in [1.29, 1.82) is 0 Å². The molecule has 5 rings (SSSR count). The van der Waals surface area contributed by atoms with E-state index < -0.39 is 0 Å². The molecule has 4 heterocycles. The zero-order valence-corrected chi connectivity index (χ0v) is 17.5. The first-order valence-corrected chi connectivity index (χ1v) is 11.9. The molecule has 1 aromatic carbocycles. The van der Waals surface area contributed by atoms with Gasteiger partial charge in [0.05, 0.1) is 22.8 Å². The molecule has 0 bridgehead atoms. The van der Waals surface area contributed by atoms with Gasteiger partial charge in [0.15, 0.2) is 5.82 Å². The smallest absolute Gasteiger partial charge is 0.257 e. The maximum Gasteiger partial charge on any atom is 0.257 e. The molecule has 1 aromatic heterocycles. The summed E-state index contributed by atoms with van der Waals surface area (Å²) in [6.45, 7) is 2.58. The van der Waals surface area contributed by atoms with Crippen molar-refractivity contribution < 1.29 is 4.79 Å². The Balaban J connectivity index is 1.35. The van der Waals surface area contributed by atoms with Crippen molar-refractivity contribution in [3.05, 3.63) is 48.2 Å². The van der Waals surface area contributed by atoms with E-state index in [1.807, 2.05) is 48.2 Å². The Labute approximate surface area is 176 Å². The van der Waals surface area contributed by atoms with E-state index in [9.17, 15) is 4.79 Å². The van der Waals surface area contributed by atoms with Crippen LogP contribution < -0.4 is 10.2 Å². The number of carbonyl (C=O) groups excluding carboxylic acids is 1. The van der Waals surface area contributed by atoms with Crippen LogP contribution in [0.2, 0.25) is 0 Å². The number of fused-ring (bicyclic) bond motifs is 3. The summed E-state index contributed by atoms with van der Waals surface area (Å²) < 4.78 is 0. The molecule has 2 fully saturated rings. The number of thioether (sulfide) groups is 1. The number of hydrogen-bond donors (Lipinski definition) is 1. The molecule has 0 spiro atoms. The summed E-state index contributed by atoms with van der Waals surface area (Å²) >= 11 is 1.98.